The molecule has 1 aliphatic rings. The lowest BCUT2D eigenvalue weighted by atomic mass is 9.86. The highest BCUT2D eigenvalue weighted by Crippen LogP contribution is 2.44. The predicted molar refractivity (Wildman–Crippen MR) is 106 cm³/mol. The third kappa shape index (κ3) is 3.65. The molecule has 1 N–H and O–H groups in total. The van der Waals surface area contributed by atoms with Gasteiger partial charge in [0.05, 0.1) is 0 Å². The molecule has 5 nitrogen and oxygen atoms in total. The van der Waals surface area contributed by atoms with Gasteiger partial charge in [-0.3, -0.25) is 4.79 Å². The van der Waals surface area contributed by atoms with Crippen molar-refractivity contribution in [2.75, 3.05) is 19.2 Å². The van der Waals surface area contributed by atoms with Crippen molar-refractivity contribution in [3.63, 3.8) is 0 Å². The van der Waals surface area contributed by atoms with E-state index in [2.05, 4.69) is 5.32 Å². The minimum Gasteiger partial charge on any atom is -0.477 e. The fourth-order valence-corrected chi connectivity index (χ4v) is 3.51. The summed E-state index contributed by atoms with van der Waals surface area (Å²) in [6.45, 7) is 8.11. The first-order chi connectivity index (χ1) is 12.9. The Morgan fingerprint density at radius 1 is 1.15 bits per heavy atom. The summed E-state index contributed by atoms with van der Waals surface area (Å²) in [7, 11) is 1.61. The zero-order valence-electron chi connectivity index (χ0n) is 16.6. The van der Waals surface area contributed by atoms with Crippen molar-refractivity contribution in [1.29, 1.82) is 0 Å². The molecule has 0 saturated heterocycles. The van der Waals surface area contributed by atoms with E-state index in [1.807, 2.05) is 58.0 Å². The van der Waals surface area contributed by atoms with Gasteiger partial charge in [-0.1, -0.05) is 18.2 Å². The summed E-state index contributed by atoms with van der Waals surface area (Å²) >= 11 is 0. The number of hydrogen-bond acceptors (Lipinski definition) is 4. The second-order valence-electron chi connectivity index (χ2n) is 7.22. The van der Waals surface area contributed by atoms with E-state index in [9.17, 15) is 4.79 Å². The predicted octanol–water partition coefficient (Wildman–Crippen LogP) is 4.32. The van der Waals surface area contributed by atoms with Crippen molar-refractivity contribution < 1.29 is 19.0 Å². The minimum atomic E-state index is -0.915. The van der Waals surface area contributed by atoms with E-state index in [0.29, 0.717) is 6.42 Å². The molecule has 1 unspecified atom stereocenters. The largest absolute Gasteiger partial charge is 0.477 e. The summed E-state index contributed by atoms with van der Waals surface area (Å²) in [5.74, 6) is 1.51. The Balaban J connectivity index is 1.90. The van der Waals surface area contributed by atoms with Crippen molar-refractivity contribution in [2.24, 2.45) is 0 Å². The van der Waals surface area contributed by atoms with E-state index in [-0.39, 0.29) is 12.7 Å². The SMILES string of the molecule is COCOc1c(C)c(C)c2c(c1C)CCC(C)(C(=O)Nc1ccccc1)O2. The zero-order chi connectivity index (χ0) is 19.6. The number of anilines is 1. The minimum absolute atomic E-state index is 0.131. The molecule has 0 fully saturated rings. The van der Waals surface area contributed by atoms with Crippen LogP contribution in [0.1, 0.15) is 35.6 Å². The highest BCUT2D eigenvalue weighted by Gasteiger charge is 2.41. The molecule has 144 valence electrons. The highest BCUT2D eigenvalue weighted by molar-refractivity contribution is 5.97. The normalized spacial score (nSPS) is 18.4. The number of ether oxygens (including phenoxy) is 3. The number of carbonyl (C=O) groups excluding carboxylic acids is 1. The Morgan fingerprint density at radius 3 is 2.52 bits per heavy atom. The van der Waals surface area contributed by atoms with Crippen LogP contribution in [0.25, 0.3) is 0 Å². The van der Waals surface area contributed by atoms with Gasteiger partial charge in [-0.05, 0) is 62.9 Å². The molecule has 1 aliphatic heterocycles. The van der Waals surface area contributed by atoms with Crippen LogP contribution in [0.2, 0.25) is 0 Å². The van der Waals surface area contributed by atoms with E-state index >= 15 is 0 Å². The van der Waals surface area contributed by atoms with Gasteiger partial charge in [-0.2, -0.15) is 0 Å². The number of para-hydroxylation sites is 1. The van der Waals surface area contributed by atoms with Crippen molar-refractivity contribution in [3.8, 4) is 11.5 Å². The Labute approximate surface area is 160 Å². The van der Waals surface area contributed by atoms with Crippen LogP contribution in [-0.2, 0) is 16.0 Å². The second kappa shape index (κ2) is 7.61. The van der Waals surface area contributed by atoms with Gasteiger partial charge in [0.2, 0.25) is 0 Å². The summed E-state index contributed by atoms with van der Waals surface area (Å²) in [5, 5.41) is 2.97. The van der Waals surface area contributed by atoms with Gasteiger partial charge in [0.1, 0.15) is 11.5 Å². The third-order valence-corrected chi connectivity index (χ3v) is 5.32. The number of nitrogens with one attached hydrogen (secondary N) is 1. The van der Waals surface area contributed by atoms with Gasteiger partial charge >= 0.3 is 0 Å². The van der Waals surface area contributed by atoms with Crippen molar-refractivity contribution in [3.05, 3.63) is 52.6 Å². The van der Waals surface area contributed by atoms with Gasteiger partial charge in [0.15, 0.2) is 12.4 Å². The van der Waals surface area contributed by atoms with E-state index < -0.39 is 5.60 Å². The Kier molecular flexibility index (Phi) is 5.42. The van der Waals surface area contributed by atoms with Crippen LogP contribution in [0.3, 0.4) is 0 Å². The summed E-state index contributed by atoms with van der Waals surface area (Å²) in [4.78, 5) is 12.9. The molecule has 0 spiro atoms. The molecule has 1 atom stereocenters. The van der Waals surface area contributed by atoms with E-state index in [0.717, 1.165) is 45.9 Å². The number of hydrogen-bond donors (Lipinski definition) is 1. The van der Waals surface area contributed by atoms with Gasteiger partial charge in [-0.25, -0.2) is 0 Å². The Hall–Kier alpha value is -2.53. The molecule has 0 radical (unpaired) electrons. The molecule has 5 heteroatoms. The van der Waals surface area contributed by atoms with Crippen LogP contribution < -0.4 is 14.8 Å². The van der Waals surface area contributed by atoms with Crippen molar-refractivity contribution in [1.82, 2.24) is 0 Å². The molecule has 1 amide bonds. The lowest BCUT2D eigenvalue weighted by Gasteiger charge is -2.37. The number of carbonyl (C=O) groups is 1. The number of amides is 1. The van der Waals surface area contributed by atoms with Crippen LogP contribution in [0.15, 0.2) is 30.3 Å². The van der Waals surface area contributed by atoms with Crippen LogP contribution >= 0.6 is 0 Å². The maximum atomic E-state index is 12.9. The quantitative estimate of drug-likeness (QED) is 0.798. The standard InChI is InChI=1S/C22H27NO4/c1-14-15(2)20-18(16(3)19(14)26-13-25-5)11-12-22(4,27-20)21(24)23-17-9-7-6-8-10-17/h6-10H,11-13H2,1-5H3,(H,23,24). The molecule has 0 aromatic heterocycles. The molecule has 0 saturated carbocycles. The van der Waals surface area contributed by atoms with Crippen LogP contribution in [0.4, 0.5) is 5.69 Å². The lowest BCUT2D eigenvalue weighted by molar-refractivity contribution is -0.131. The van der Waals surface area contributed by atoms with Crippen LogP contribution in [0.5, 0.6) is 11.5 Å². The number of fused-ring (bicyclic) bond motifs is 1. The first-order valence-corrected chi connectivity index (χ1v) is 9.17. The maximum absolute atomic E-state index is 12.9. The average Bonchev–Trinajstić information content (AvgIpc) is 2.67. The second-order valence-corrected chi connectivity index (χ2v) is 7.22. The number of benzene rings is 2. The Morgan fingerprint density at radius 2 is 1.85 bits per heavy atom. The first-order valence-electron chi connectivity index (χ1n) is 9.17. The van der Waals surface area contributed by atoms with Crippen LogP contribution in [-0.4, -0.2) is 25.4 Å². The molecule has 1 heterocycles. The molecule has 0 aliphatic carbocycles. The zero-order valence-corrected chi connectivity index (χ0v) is 16.6. The molecular weight excluding hydrogens is 342 g/mol. The monoisotopic (exact) mass is 369 g/mol. The van der Waals surface area contributed by atoms with Crippen molar-refractivity contribution >= 4 is 11.6 Å². The fraction of sp³-hybridized carbons (Fsp3) is 0.409. The first kappa shape index (κ1) is 19.2. The molecule has 0 bridgehead atoms. The summed E-state index contributed by atoms with van der Waals surface area (Å²) in [6, 6.07) is 9.46. The van der Waals surface area contributed by atoms with E-state index in [1.54, 1.807) is 7.11 Å². The highest BCUT2D eigenvalue weighted by atomic mass is 16.7. The van der Waals surface area contributed by atoms with Crippen molar-refractivity contribution in [2.45, 2.75) is 46.1 Å². The maximum Gasteiger partial charge on any atom is 0.268 e. The molecule has 27 heavy (non-hydrogen) atoms. The summed E-state index contributed by atoms with van der Waals surface area (Å²) in [5.41, 5.74) is 4.02. The molecular formula is C22H27NO4. The molecule has 2 aromatic rings. The molecule has 2 aromatic carbocycles. The topological polar surface area (TPSA) is 56.8 Å². The average molecular weight is 369 g/mol. The lowest BCUT2D eigenvalue weighted by Crippen LogP contribution is -2.48. The molecule has 3 rings (SSSR count). The van der Waals surface area contributed by atoms with E-state index in [1.165, 1.54) is 0 Å². The Bertz CT molecular complexity index is 847. The fourth-order valence-electron chi connectivity index (χ4n) is 3.51. The van der Waals surface area contributed by atoms with Gasteiger partial charge < -0.3 is 19.5 Å². The smallest absolute Gasteiger partial charge is 0.268 e. The number of rotatable bonds is 5. The third-order valence-electron chi connectivity index (χ3n) is 5.32. The van der Waals surface area contributed by atoms with Gasteiger partial charge in [0, 0.05) is 24.8 Å². The van der Waals surface area contributed by atoms with Gasteiger partial charge in [0.25, 0.3) is 5.91 Å². The van der Waals surface area contributed by atoms with E-state index in [4.69, 9.17) is 14.2 Å². The van der Waals surface area contributed by atoms with Gasteiger partial charge in [-0.15, -0.1) is 0 Å². The summed E-state index contributed by atoms with van der Waals surface area (Å²) in [6.07, 6.45) is 1.36. The van der Waals surface area contributed by atoms with Crippen LogP contribution in [0, 0.1) is 20.8 Å². The summed E-state index contributed by atoms with van der Waals surface area (Å²) < 4.78 is 17.1. The number of methoxy groups -OCH3 is 1.